The summed E-state index contributed by atoms with van der Waals surface area (Å²) >= 11 is 5.98. The molecule has 0 aliphatic rings. The second-order valence-electron chi connectivity index (χ2n) is 5.02. The molecule has 4 rings (SSSR count). The van der Waals surface area contributed by atoms with Crippen molar-refractivity contribution >= 4 is 17.2 Å². The van der Waals surface area contributed by atoms with Gasteiger partial charge in [-0.15, -0.1) is 5.10 Å². The number of nitrogens with zero attached hydrogens (tertiary/aromatic N) is 3. The van der Waals surface area contributed by atoms with Crippen LogP contribution in [0.15, 0.2) is 65.6 Å². The van der Waals surface area contributed by atoms with Crippen LogP contribution in [0.25, 0.3) is 16.9 Å². The Hall–Kier alpha value is -2.79. The van der Waals surface area contributed by atoms with E-state index in [1.54, 1.807) is 29.3 Å². The number of fused-ring (bicyclic) bond motifs is 1. The van der Waals surface area contributed by atoms with Crippen molar-refractivity contribution in [2.45, 2.75) is 6.61 Å². The lowest BCUT2D eigenvalue weighted by molar-refractivity contribution is 0.289. The van der Waals surface area contributed by atoms with Crippen LogP contribution in [-0.2, 0) is 6.61 Å². The summed E-state index contributed by atoms with van der Waals surface area (Å²) in [7, 11) is 0. The largest absolute Gasteiger partial charge is 0.472 e. The Kier molecular flexibility index (Phi) is 3.48. The quantitative estimate of drug-likeness (QED) is 0.563. The van der Waals surface area contributed by atoms with E-state index < -0.39 is 0 Å². The molecule has 6 heteroatoms. The molecule has 0 aliphatic carbocycles. The van der Waals surface area contributed by atoms with Crippen molar-refractivity contribution in [3.05, 3.63) is 71.8 Å². The van der Waals surface area contributed by atoms with Gasteiger partial charge in [-0.1, -0.05) is 23.7 Å². The SMILES string of the molecule is Clc1cccc(COc2ccc3ncc(-c4ccoc4)n3n2)c1. The van der Waals surface area contributed by atoms with Gasteiger partial charge in [0.1, 0.15) is 6.61 Å². The van der Waals surface area contributed by atoms with E-state index >= 15 is 0 Å². The van der Waals surface area contributed by atoms with E-state index in [1.807, 2.05) is 36.4 Å². The van der Waals surface area contributed by atoms with Gasteiger partial charge in [-0.3, -0.25) is 0 Å². The van der Waals surface area contributed by atoms with Gasteiger partial charge in [0, 0.05) is 16.7 Å². The molecule has 0 fully saturated rings. The Labute approximate surface area is 137 Å². The number of benzene rings is 1. The molecule has 0 saturated heterocycles. The van der Waals surface area contributed by atoms with Crippen molar-refractivity contribution in [1.82, 2.24) is 14.6 Å². The van der Waals surface area contributed by atoms with E-state index in [0.29, 0.717) is 17.5 Å². The number of hydrogen-bond donors (Lipinski definition) is 0. The highest BCUT2D eigenvalue weighted by Gasteiger charge is 2.09. The van der Waals surface area contributed by atoms with Crippen LogP contribution in [0.4, 0.5) is 0 Å². The normalized spacial score (nSPS) is 11.0. The first-order chi connectivity index (χ1) is 11.3. The van der Waals surface area contributed by atoms with E-state index in [2.05, 4.69) is 10.1 Å². The van der Waals surface area contributed by atoms with Crippen molar-refractivity contribution in [1.29, 1.82) is 0 Å². The van der Waals surface area contributed by atoms with Gasteiger partial charge in [-0.2, -0.15) is 0 Å². The summed E-state index contributed by atoms with van der Waals surface area (Å²) in [6.45, 7) is 0.398. The Morgan fingerprint density at radius 3 is 2.96 bits per heavy atom. The number of imidazole rings is 1. The average Bonchev–Trinajstić information content (AvgIpc) is 3.21. The van der Waals surface area contributed by atoms with Crippen molar-refractivity contribution in [2.75, 3.05) is 0 Å². The van der Waals surface area contributed by atoms with E-state index in [4.69, 9.17) is 20.8 Å². The summed E-state index contributed by atoms with van der Waals surface area (Å²) in [5.41, 5.74) is 3.50. The minimum absolute atomic E-state index is 0.398. The summed E-state index contributed by atoms with van der Waals surface area (Å²) in [5.74, 6) is 0.514. The number of halogens is 1. The maximum Gasteiger partial charge on any atom is 0.232 e. The van der Waals surface area contributed by atoms with Gasteiger partial charge in [0.05, 0.1) is 24.4 Å². The Morgan fingerprint density at radius 1 is 1.17 bits per heavy atom. The predicted octanol–water partition coefficient (Wildman–Crippen LogP) is 4.22. The standard InChI is InChI=1S/C17H12ClN3O2/c18-14-3-1-2-12(8-14)10-23-17-5-4-16-19-9-15(21(16)20-17)13-6-7-22-11-13/h1-9,11H,10H2. The highest BCUT2D eigenvalue weighted by Crippen LogP contribution is 2.22. The molecule has 0 saturated carbocycles. The Bertz CT molecular complexity index is 948. The molecule has 1 aromatic carbocycles. The summed E-state index contributed by atoms with van der Waals surface area (Å²) in [6, 6.07) is 13.1. The molecule has 3 aromatic heterocycles. The third kappa shape index (κ3) is 2.78. The summed E-state index contributed by atoms with van der Waals surface area (Å²) < 4.78 is 12.6. The third-order valence-corrected chi connectivity index (χ3v) is 3.67. The zero-order valence-corrected chi connectivity index (χ0v) is 12.8. The maximum atomic E-state index is 5.98. The highest BCUT2D eigenvalue weighted by molar-refractivity contribution is 6.30. The van der Waals surface area contributed by atoms with Gasteiger partial charge < -0.3 is 9.15 Å². The van der Waals surface area contributed by atoms with Gasteiger partial charge in [-0.25, -0.2) is 9.50 Å². The second-order valence-corrected chi connectivity index (χ2v) is 5.45. The minimum Gasteiger partial charge on any atom is -0.472 e. The molecular formula is C17H12ClN3O2. The third-order valence-electron chi connectivity index (χ3n) is 3.43. The molecule has 0 unspecified atom stereocenters. The molecule has 4 aromatic rings. The van der Waals surface area contributed by atoms with Crippen molar-refractivity contribution in [3.8, 4) is 17.1 Å². The van der Waals surface area contributed by atoms with Crippen LogP contribution in [-0.4, -0.2) is 14.6 Å². The molecule has 0 bridgehead atoms. The van der Waals surface area contributed by atoms with E-state index in [9.17, 15) is 0 Å². The van der Waals surface area contributed by atoms with Crippen molar-refractivity contribution in [2.24, 2.45) is 0 Å². The van der Waals surface area contributed by atoms with Crippen molar-refractivity contribution in [3.63, 3.8) is 0 Å². The molecule has 0 radical (unpaired) electrons. The molecule has 114 valence electrons. The molecule has 0 N–H and O–H groups in total. The fourth-order valence-corrected chi connectivity index (χ4v) is 2.54. The zero-order chi connectivity index (χ0) is 15.6. The molecule has 23 heavy (non-hydrogen) atoms. The molecule has 0 amide bonds. The second kappa shape index (κ2) is 5.78. The Balaban J connectivity index is 1.62. The van der Waals surface area contributed by atoms with E-state index in [-0.39, 0.29) is 0 Å². The number of rotatable bonds is 4. The lowest BCUT2D eigenvalue weighted by Crippen LogP contribution is -2.01. The first-order valence-electron chi connectivity index (χ1n) is 7.04. The lowest BCUT2D eigenvalue weighted by Gasteiger charge is -2.06. The van der Waals surface area contributed by atoms with Crippen LogP contribution >= 0.6 is 11.6 Å². The molecule has 0 spiro atoms. The van der Waals surface area contributed by atoms with Gasteiger partial charge in [-0.05, 0) is 29.8 Å². The van der Waals surface area contributed by atoms with Crippen molar-refractivity contribution < 1.29 is 9.15 Å². The fraction of sp³-hybridized carbons (Fsp3) is 0.0588. The number of ether oxygens (including phenoxy) is 1. The summed E-state index contributed by atoms with van der Waals surface area (Å²) in [5, 5.41) is 5.17. The first-order valence-corrected chi connectivity index (χ1v) is 7.42. The molecule has 0 atom stereocenters. The van der Waals surface area contributed by atoms with Crippen LogP contribution in [0.2, 0.25) is 5.02 Å². The monoisotopic (exact) mass is 325 g/mol. The lowest BCUT2D eigenvalue weighted by atomic mass is 10.2. The molecule has 3 heterocycles. The molecule has 5 nitrogen and oxygen atoms in total. The van der Waals surface area contributed by atoms with Crippen LogP contribution in [0.1, 0.15) is 5.56 Å². The Morgan fingerprint density at radius 2 is 2.13 bits per heavy atom. The topological polar surface area (TPSA) is 52.6 Å². The minimum atomic E-state index is 0.398. The van der Waals surface area contributed by atoms with Gasteiger partial charge in [0.25, 0.3) is 0 Å². The maximum absolute atomic E-state index is 5.98. The van der Waals surface area contributed by atoms with Crippen LogP contribution in [0.3, 0.4) is 0 Å². The van der Waals surface area contributed by atoms with E-state index in [1.165, 1.54) is 0 Å². The zero-order valence-electron chi connectivity index (χ0n) is 12.0. The number of aromatic nitrogens is 3. The van der Waals surface area contributed by atoms with E-state index in [0.717, 1.165) is 22.5 Å². The van der Waals surface area contributed by atoms with Crippen LogP contribution in [0, 0.1) is 0 Å². The summed E-state index contributed by atoms with van der Waals surface area (Å²) in [6.07, 6.45) is 5.03. The highest BCUT2D eigenvalue weighted by atomic mass is 35.5. The predicted molar refractivity (Wildman–Crippen MR) is 86.5 cm³/mol. The van der Waals surface area contributed by atoms with Gasteiger partial charge in [0.2, 0.25) is 5.88 Å². The van der Waals surface area contributed by atoms with Crippen LogP contribution < -0.4 is 4.74 Å². The average molecular weight is 326 g/mol. The number of furan rings is 1. The fourth-order valence-electron chi connectivity index (χ4n) is 2.32. The molecular weight excluding hydrogens is 314 g/mol. The van der Waals surface area contributed by atoms with Gasteiger partial charge in [0.15, 0.2) is 5.65 Å². The number of hydrogen-bond acceptors (Lipinski definition) is 4. The van der Waals surface area contributed by atoms with Gasteiger partial charge >= 0.3 is 0 Å². The van der Waals surface area contributed by atoms with Crippen LogP contribution in [0.5, 0.6) is 5.88 Å². The first kappa shape index (κ1) is 13.8. The summed E-state index contributed by atoms with van der Waals surface area (Å²) in [4.78, 5) is 4.33. The molecule has 0 aliphatic heterocycles. The smallest absolute Gasteiger partial charge is 0.232 e.